The molecule has 0 atom stereocenters. The Hall–Kier alpha value is -1.92. The van der Waals surface area contributed by atoms with Gasteiger partial charge in [-0.25, -0.2) is 0 Å². The van der Waals surface area contributed by atoms with E-state index >= 15 is 0 Å². The summed E-state index contributed by atoms with van der Waals surface area (Å²) in [7, 11) is 0. The van der Waals surface area contributed by atoms with Crippen molar-refractivity contribution in [1.82, 2.24) is 10.3 Å². The molecule has 0 saturated carbocycles. The molecule has 0 aliphatic rings. The number of aromatic nitrogens is 1. The molecule has 3 N–H and O–H groups in total. The van der Waals surface area contributed by atoms with Crippen molar-refractivity contribution in [3.63, 3.8) is 0 Å². The van der Waals surface area contributed by atoms with E-state index in [-0.39, 0.29) is 17.2 Å². The summed E-state index contributed by atoms with van der Waals surface area (Å²) in [5.41, 5.74) is 2.06. The van der Waals surface area contributed by atoms with Gasteiger partial charge in [-0.15, -0.1) is 0 Å². The fourth-order valence-corrected chi connectivity index (χ4v) is 6.37. The molecule has 0 bridgehead atoms. The number of carbonyl (C=O) groups excluding carboxylic acids is 2. The van der Waals surface area contributed by atoms with E-state index in [0.29, 0.717) is 16.3 Å². The third kappa shape index (κ3) is 5.37. The van der Waals surface area contributed by atoms with Crippen molar-refractivity contribution in [3.8, 4) is 0 Å². The second kappa shape index (κ2) is 8.84. The number of thiazole rings is 1. The number of benzene rings is 2. The Morgan fingerprint density at radius 2 is 2.03 bits per heavy atom. The van der Waals surface area contributed by atoms with Crippen molar-refractivity contribution in [1.29, 1.82) is 0 Å². The van der Waals surface area contributed by atoms with Crippen molar-refractivity contribution in [2.75, 3.05) is 11.9 Å². The summed E-state index contributed by atoms with van der Waals surface area (Å²) < 4.78 is 1.46. The summed E-state index contributed by atoms with van der Waals surface area (Å²) in [6.45, 7) is 5.27. The fourth-order valence-electron chi connectivity index (χ4n) is 2.52. The molecule has 0 unspecified atom stereocenters. The van der Waals surface area contributed by atoms with Crippen LogP contribution in [0.2, 0.25) is 5.02 Å². The molecule has 29 heavy (non-hydrogen) atoms. The van der Waals surface area contributed by atoms with Crippen LogP contribution >= 0.6 is 22.9 Å². The van der Waals surface area contributed by atoms with E-state index in [0.717, 1.165) is 19.6 Å². The van der Waals surface area contributed by atoms with E-state index in [1.165, 1.54) is 11.3 Å². The van der Waals surface area contributed by atoms with Crippen LogP contribution in [0.1, 0.15) is 29.8 Å². The number of amides is 2. The predicted octanol–water partition coefficient (Wildman–Crippen LogP) is 3.32. The zero-order valence-corrected chi connectivity index (χ0v) is 19.6. The van der Waals surface area contributed by atoms with Gasteiger partial charge >= 0.3 is 185 Å². The van der Waals surface area contributed by atoms with E-state index < -0.39 is 21.3 Å². The Morgan fingerprint density at radius 1 is 1.28 bits per heavy atom. The zero-order valence-electron chi connectivity index (χ0n) is 16.1. The molecule has 2 amide bonds. The van der Waals surface area contributed by atoms with Gasteiger partial charge in [0, 0.05) is 0 Å². The van der Waals surface area contributed by atoms with Gasteiger partial charge in [0.1, 0.15) is 0 Å². The molecule has 151 valence electrons. The molecule has 0 aliphatic carbocycles. The van der Waals surface area contributed by atoms with Crippen LogP contribution in [-0.4, -0.2) is 48.6 Å². The second-order valence-electron chi connectivity index (χ2n) is 7.15. The number of anilines is 1. The number of rotatable bonds is 6. The maximum atomic E-state index is 12.7. The number of hydrogen-bond acceptors (Lipinski definition) is 5. The van der Waals surface area contributed by atoms with Gasteiger partial charge in [0.05, 0.1) is 0 Å². The molecule has 0 fully saturated rings. The topological polar surface area (TPSA) is 91.3 Å². The van der Waals surface area contributed by atoms with Crippen LogP contribution in [0, 0.1) is 6.92 Å². The third-order valence-electron chi connectivity index (χ3n) is 4.14. The summed E-state index contributed by atoms with van der Waals surface area (Å²) in [4.78, 5) is 29.4. The van der Waals surface area contributed by atoms with E-state index in [9.17, 15) is 14.7 Å². The first kappa shape index (κ1) is 21.8. The molecule has 1 heterocycles. The summed E-state index contributed by atoms with van der Waals surface area (Å²) in [5, 5.41) is 15.4. The van der Waals surface area contributed by atoms with Crippen molar-refractivity contribution >= 4 is 69.0 Å². The van der Waals surface area contributed by atoms with Gasteiger partial charge in [-0.05, 0) is 0 Å². The maximum absolute atomic E-state index is 12.7. The first-order chi connectivity index (χ1) is 13.7. The van der Waals surface area contributed by atoms with Gasteiger partial charge in [-0.1, -0.05) is 0 Å². The molecule has 0 saturated heterocycles. The minimum atomic E-state index is -0.838. The Bertz CT molecular complexity index is 1060. The van der Waals surface area contributed by atoms with Gasteiger partial charge in [0.15, 0.2) is 0 Å². The molecule has 6 nitrogen and oxygen atoms in total. The summed E-state index contributed by atoms with van der Waals surface area (Å²) in [6.07, 6.45) is 0. The Balaban J connectivity index is 1.77. The normalized spacial score (nSPS) is 11.9. The summed E-state index contributed by atoms with van der Waals surface area (Å²) >= 11 is 6.76. The van der Waals surface area contributed by atoms with Crippen molar-refractivity contribution in [2.45, 2.75) is 26.3 Å². The molecule has 0 aliphatic heterocycles. The Labute approximate surface area is 184 Å². The number of nitrogens with one attached hydrogen (secondary N) is 2. The zero-order chi connectivity index (χ0) is 21.2. The van der Waals surface area contributed by atoms with Gasteiger partial charge in [-0.3, -0.25) is 0 Å². The average Bonchev–Trinajstić information content (AvgIpc) is 3.05. The van der Waals surface area contributed by atoms with E-state index in [4.69, 9.17) is 11.6 Å². The predicted molar refractivity (Wildman–Crippen MR) is 119 cm³/mol. The molecule has 9 heteroatoms. The first-order valence-corrected chi connectivity index (χ1v) is 11.9. The average molecular weight is 493 g/mol. The second-order valence-corrected chi connectivity index (χ2v) is 11.5. The van der Waals surface area contributed by atoms with Gasteiger partial charge in [-0.2, -0.15) is 0 Å². The van der Waals surface area contributed by atoms with Crippen molar-refractivity contribution in [3.05, 3.63) is 52.5 Å². The summed E-state index contributed by atoms with van der Waals surface area (Å²) in [6, 6.07) is 10.7. The molecule has 3 aromatic rings. The van der Waals surface area contributed by atoms with E-state index in [2.05, 4.69) is 15.6 Å². The molecule has 1 aromatic heterocycles. The molecule has 0 spiro atoms. The van der Waals surface area contributed by atoms with Gasteiger partial charge in [0.25, 0.3) is 0 Å². The van der Waals surface area contributed by atoms with E-state index in [1.54, 1.807) is 38.1 Å². The van der Waals surface area contributed by atoms with Crippen molar-refractivity contribution in [2.24, 2.45) is 0 Å². The van der Waals surface area contributed by atoms with Crippen LogP contribution in [0.3, 0.4) is 0 Å². The van der Waals surface area contributed by atoms with Crippen molar-refractivity contribution < 1.29 is 14.7 Å². The molecular formula is C20H20AsClN3O3S. The molecule has 3 rings (SSSR count). The number of halogens is 1. The minimum absolute atomic E-state index is 0.119. The molecule has 2 aromatic carbocycles. The number of nitrogens with zero attached hydrogens (tertiary/aromatic N) is 1. The van der Waals surface area contributed by atoms with Crippen LogP contribution in [0.15, 0.2) is 36.4 Å². The number of hydrogen-bond donors (Lipinski definition) is 3. The van der Waals surface area contributed by atoms with E-state index in [1.807, 2.05) is 19.1 Å². The monoisotopic (exact) mass is 492 g/mol. The fraction of sp³-hybridized carbons (Fsp3) is 0.250. The van der Waals surface area contributed by atoms with Gasteiger partial charge in [0.2, 0.25) is 0 Å². The van der Waals surface area contributed by atoms with Crippen LogP contribution in [-0.2, 0) is 0 Å². The quantitative estimate of drug-likeness (QED) is 0.460. The third-order valence-corrected chi connectivity index (χ3v) is 7.59. The number of para-hydroxylation sites is 1. The Morgan fingerprint density at radius 3 is 2.72 bits per heavy atom. The van der Waals surface area contributed by atoms with Crippen LogP contribution in [0.5, 0.6) is 0 Å². The number of aryl methyl sites for hydroxylation is 1. The SMILES string of the molecule is Cc1cccc(Cl)c1NC(=O)c1ccc2nc([As]C(=O)NC(C)(C)CO)sc2c1. The number of aliphatic hydroxyl groups is 1. The van der Waals surface area contributed by atoms with Crippen LogP contribution in [0.25, 0.3) is 10.2 Å². The Kier molecular flexibility index (Phi) is 6.64. The van der Waals surface area contributed by atoms with Crippen LogP contribution in [0.4, 0.5) is 10.5 Å². The first-order valence-electron chi connectivity index (χ1n) is 8.80. The molecule has 1 radical (unpaired) electrons. The molecular weight excluding hydrogens is 473 g/mol. The summed E-state index contributed by atoms with van der Waals surface area (Å²) in [5.74, 6) is -0.256. The standard InChI is InChI=1S/C20H20AsClN3O3S/c1-11-5-4-6-13(22)16(11)24-17(27)12-7-8-14-15(9-12)29-19(23-14)21-18(28)25-20(2,3)10-26/h4-9,26H,10H2,1-3H3,(H,24,27)(H,25,28). The number of aliphatic hydroxyl groups excluding tert-OH is 1. The number of carbonyl (C=O) groups is 2. The number of fused-ring (bicyclic) bond motifs is 1. The van der Waals surface area contributed by atoms with Crippen LogP contribution < -0.4 is 14.4 Å². The van der Waals surface area contributed by atoms with Gasteiger partial charge < -0.3 is 0 Å².